The number of hydrogen-bond donors (Lipinski definition) is 0. The maximum absolute atomic E-state index is 11.3. The fraction of sp³-hybridized carbons (Fsp3) is 0.778. The summed E-state index contributed by atoms with van der Waals surface area (Å²) in [5.41, 5.74) is 0. The smallest absolute Gasteiger partial charge is 0.309 e. The van der Waals surface area contributed by atoms with Crippen molar-refractivity contribution in [3.05, 3.63) is 0 Å². The largest absolute Gasteiger partial charge is 0.469 e. The van der Waals surface area contributed by atoms with Gasteiger partial charge in [0.15, 0.2) is 0 Å². The van der Waals surface area contributed by atoms with Crippen LogP contribution in [-0.4, -0.2) is 18.9 Å². The highest BCUT2D eigenvalue weighted by atomic mass is 16.5. The number of hydrogen-bond acceptors (Lipinski definition) is 3. The van der Waals surface area contributed by atoms with Crippen molar-refractivity contribution in [3.63, 3.8) is 0 Å². The van der Waals surface area contributed by atoms with E-state index in [2.05, 4.69) is 4.74 Å². The van der Waals surface area contributed by atoms with Gasteiger partial charge in [0.25, 0.3) is 0 Å². The summed E-state index contributed by atoms with van der Waals surface area (Å²) < 4.78 is 4.67. The molecule has 0 heterocycles. The zero-order valence-electron chi connectivity index (χ0n) is 7.08. The van der Waals surface area contributed by atoms with E-state index in [0.717, 1.165) is 12.8 Å². The Morgan fingerprint density at radius 2 is 2.25 bits per heavy atom. The Balaban J connectivity index is 2.18. The van der Waals surface area contributed by atoms with Crippen LogP contribution in [-0.2, 0) is 14.3 Å². The van der Waals surface area contributed by atoms with E-state index in [9.17, 15) is 9.59 Å². The lowest BCUT2D eigenvalue weighted by Gasteiger charge is -2.10. The minimum atomic E-state index is -0.187. The predicted molar refractivity (Wildman–Crippen MR) is 41.3 cm³/mol. The SMILES string of the molecule is COC(=O)C1C2CCC1C(=O)C2. The van der Waals surface area contributed by atoms with Gasteiger partial charge in [0, 0.05) is 12.3 Å². The van der Waals surface area contributed by atoms with Crippen molar-refractivity contribution in [1.29, 1.82) is 0 Å². The average molecular weight is 168 g/mol. The van der Waals surface area contributed by atoms with Crippen molar-refractivity contribution < 1.29 is 14.3 Å². The minimum Gasteiger partial charge on any atom is -0.469 e. The standard InChI is InChI=1S/C9H12O3/c1-12-9(11)8-5-2-3-6(8)7(10)4-5/h5-6,8H,2-4H2,1H3. The molecule has 12 heavy (non-hydrogen) atoms. The van der Waals surface area contributed by atoms with E-state index in [-0.39, 0.29) is 29.5 Å². The van der Waals surface area contributed by atoms with Crippen LogP contribution in [0.1, 0.15) is 19.3 Å². The fourth-order valence-corrected chi connectivity index (χ4v) is 2.57. The molecule has 0 aromatic rings. The van der Waals surface area contributed by atoms with Crippen molar-refractivity contribution in [2.45, 2.75) is 19.3 Å². The van der Waals surface area contributed by atoms with Gasteiger partial charge in [-0.1, -0.05) is 0 Å². The molecule has 2 saturated carbocycles. The van der Waals surface area contributed by atoms with Crippen molar-refractivity contribution >= 4 is 11.8 Å². The Bertz CT molecular complexity index is 234. The molecule has 0 N–H and O–H groups in total. The summed E-state index contributed by atoms with van der Waals surface area (Å²) in [4.78, 5) is 22.5. The van der Waals surface area contributed by atoms with Gasteiger partial charge in [0.1, 0.15) is 5.78 Å². The highest BCUT2D eigenvalue weighted by Crippen LogP contribution is 2.47. The van der Waals surface area contributed by atoms with E-state index in [4.69, 9.17) is 0 Å². The van der Waals surface area contributed by atoms with Crippen LogP contribution < -0.4 is 0 Å². The van der Waals surface area contributed by atoms with E-state index in [1.54, 1.807) is 0 Å². The van der Waals surface area contributed by atoms with Crippen LogP contribution in [0.4, 0.5) is 0 Å². The average Bonchev–Trinajstić information content (AvgIpc) is 2.59. The molecule has 3 nitrogen and oxygen atoms in total. The molecule has 3 heteroatoms. The van der Waals surface area contributed by atoms with Crippen molar-refractivity contribution in [2.75, 3.05) is 7.11 Å². The molecule has 0 saturated heterocycles. The third kappa shape index (κ3) is 0.886. The summed E-state index contributed by atoms with van der Waals surface area (Å²) in [7, 11) is 1.39. The van der Waals surface area contributed by atoms with E-state index in [1.165, 1.54) is 7.11 Å². The molecule has 0 aromatic carbocycles. The van der Waals surface area contributed by atoms with Crippen molar-refractivity contribution in [3.8, 4) is 0 Å². The Morgan fingerprint density at radius 1 is 1.50 bits per heavy atom. The van der Waals surface area contributed by atoms with Gasteiger partial charge >= 0.3 is 5.97 Å². The van der Waals surface area contributed by atoms with Crippen LogP contribution in [0.3, 0.4) is 0 Å². The van der Waals surface area contributed by atoms with Gasteiger partial charge in [-0.05, 0) is 18.8 Å². The van der Waals surface area contributed by atoms with Crippen LogP contribution in [0.5, 0.6) is 0 Å². The first kappa shape index (κ1) is 7.77. The lowest BCUT2D eigenvalue weighted by Crippen LogP contribution is -2.21. The van der Waals surface area contributed by atoms with E-state index in [1.807, 2.05) is 0 Å². The van der Waals surface area contributed by atoms with E-state index < -0.39 is 0 Å². The van der Waals surface area contributed by atoms with Crippen LogP contribution in [0.2, 0.25) is 0 Å². The molecule has 3 atom stereocenters. The second kappa shape index (κ2) is 2.57. The second-order valence-corrected chi connectivity index (χ2v) is 3.66. The van der Waals surface area contributed by atoms with Gasteiger partial charge in [-0.25, -0.2) is 0 Å². The molecule has 2 bridgehead atoms. The number of carbonyl (C=O) groups excluding carboxylic acids is 2. The molecule has 0 aliphatic heterocycles. The molecule has 2 rings (SSSR count). The Hall–Kier alpha value is -0.860. The molecule has 2 aliphatic carbocycles. The maximum atomic E-state index is 11.3. The van der Waals surface area contributed by atoms with Crippen molar-refractivity contribution in [1.82, 2.24) is 0 Å². The zero-order valence-corrected chi connectivity index (χ0v) is 7.08. The number of Topliss-reactive ketones (excluding diaryl/α,β-unsaturated/α-hetero) is 1. The number of methoxy groups -OCH3 is 1. The van der Waals surface area contributed by atoms with Gasteiger partial charge in [-0.15, -0.1) is 0 Å². The molecule has 0 amide bonds. The van der Waals surface area contributed by atoms with E-state index in [0.29, 0.717) is 6.42 Å². The Morgan fingerprint density at radius 3 is 2.67 bits per heavy atom. The summed E-state index contributed by atoms with van der Waals surface area (Å²) in [6, 6.07) is 0. The summed E-state index contributed by atoms with van der Waals surface area (Å²) in [5, 5.41) is 0. The van der Waals surface area contributed by atoms with Crippen LogP contribution in [0, 0.1) is 17.8 Å². The highest BCUT2D eigenvalue weighted by Gasteiger charge is 2.51. The number of ketones is 1. The third-order valence-corrected chi connectivity index (χ3v) is 3.14. The van der Waals surface area contributed by atoms with Crippen LogP contribution in [0.25, 0.3) is 0 Å². The summed E-state index contributed by atoms with van der Waals surface area (Å²) in [6.07, 6.45) is 2.52. The monoisotopic (exact) mass is 168 g/mol. The molecule has 2 fully saturated rings. The second-order valence-electron chi connectivity index (χ2n) is 3.66. The molecule has 0 aromatic heterocycles. The first-order valence-corrected chi connectivity index (χ1v) is 4.34. The topological polar surface area (TPSA) is 43.4 Å². The first-order valence-electron chi connectivity index (χ1n) is 4.34. The van der Waals surface area contributed by atoms with Gasteiger partial charge in [-0.2, -0.15) is 0 Å². The Labute approximate surface area is 71.1 Å². The molecular weight excluding hydrogens is 156 g/mol. The van der Waals surface area contributed by atoms with Gasteiger partial charge < -0.3 is 4.74 Å². The first-order chi connectivity index (χ1) is 5.74. The maximum Gasteiger partial charge on any atom is 0.309 e. The van der Waals surface area contributed by atoms with Gasteiger partial charge in [-0.3, -0.25) is 9.59 Å². The number of ether oxygens (including phenoxy) is 1. The van der Waals surface area contributed by atoms with Crippen LogP contribution in [0.15, 0.2) is 0 Å². The van der Waals surface area contributed by atoms with Crippen LogP contribution >= 0.6 is 0 Å². The highest BCUT2D eigenvalue weighted by molar-refractivity contribution is 5.91. The zero-order chi connectivity index (χ0) is 8.72. The number of carbonyl (C=O) groups is 2. The Kier molecular flexibility index (Phi) is 1.67. The molecule has 0 spiro atoms. The lowest BCUT2D eigenvalue weighted by molar-refractivity contribution is -0.147. The van der Waals surface area contributed by atoms with Gasteiger partial charge in [0.2, 0.25) is 0 Å². The number of esters is 1. The summed E-state index contributed by atoms with van der Waals surface area (Å²) >= 11 is 0. The number of fused-ring (bicyclic) bond motifs is 2. The fourth-order valence-electron chi connectivity index (χ4n) is 2.57. The molecule has 66 valence electrons. The number of rotatable bonds is 1. The van der Waals surface area contributed by atoms with E-state index >= 15 is 0 Å². The van der Waals surface area contributed by atoms with Crippen molar-refractivity contribution in [2.24, 2.45) is 17.8 Å². The molecule has 2 aliphatic rings. The third-order valence-electron chi connectivity index (χ3n) is 3.14. The molecule has 3 unspecified atom stereocenters. The summed E-state index contributed by atoms with van der Waals surface area (Å²) in [5.74, 6) is 0.245. The minimum absolute atomic E-state index is 0.0116. The quantitative estimate of drug-likeness (QED) is 0.543. The molecule has 0 radical (unpaired) electrons. The predicted octanol–water partition coefficient (Wildman–Crippen LogP) is 0.775. The van der Waals surface area contributed by atoms with Gasteiger partial charge in [0.05, 0.1) is 13.0 Å². The lowest BCUT2D eigenvalue weighted by atomic mass is 9.98. The normalized spacial score (nSPS) is 38.8. The summed E-state index contributed by atoms with van der Waals surface area (Å²) in [6.45, 7) is 0. The molecular formula is C9H12O3.